The number of benzene rings is 2. The summed E-state index contributed by atoms with van der Waals surface area (Å²) in [7, 11) is 0. The molecular weight excluding hydrogens is 374 g/mol. The van der Waals surface area contributed by atoms with Gasteiger partial charge in [0.05, 0.1) is 18.1 Å². The van der Waals surface area contributed by atoms with Gasteiger partial charge in [-0.1, -0.05) is 0 Å². The van der Waals surface area contributed by atoms with E-state index in [2.05, 4.69) is 10.6 Å². The van der Waals surface area contributed by atoms with Gasteiger partial charge >= 0.3 is 0 Å². The van der Waals surface area contributed by atoms with E-state index in [1.807, 2.05) is 0 Å². The van der Waals surface area contributed by atoms with Crippen molar-refractivity contribution in [3.05, 3.63) is 60.2 Å². The van der Waals surface area contributed by atoms with Gasteiger partial charge in [0.15, 0.2) is 0 Å². The van der Waals surface area contributed by atoms with E-state index in [-0.39, 0.29) is 35.0 Å². The van der Waals surface area contributed by atoms with E-state index in [4.69, 9.17) is 4.74 Å². The molecule has 0 saturated heterocycles. The zero-order valence-corrected chi connectivity index (χ0v) is 15.4. The third-order valence-electron chi connectivity index (χ3n) is 3.32. The summed E-state index contributed by atoms with van der Waals surface area (Å²) in [6, 6.07) is 11.2. The van der Waals surface area contributed by atoms with Gasteiger partial charge in [-0.05, 0) is 55.0 Å². The Morgan fingerprint density at radius 2 is 1.48 bits per heavy atom. The van der Waals surface area contributed by atoms with Gasteiger partial charge in [0.25, 0.3) is 0 Å². The predicted octanol–water partition coefficient (Wildman–Crippen LogP) is 3.22. The summed E-state index contributed by atoms with van der Waals surface area (Å²) < 4.78 is 31.0. The lowest BCUT2D eigenvalue weighted by Crippen LogP contribution is -2.27. The zero-order chi connectivity index (χ0) is 19.5. The molecular formula is C19H20F2N2O3S. The molecule has 2 aromatic carbocycles. The van der Waals surface area contributed by atoms with Crippen LogP contribution < -0.4 is 15.4 Å². The first-order chi connectivity index (χ1) is 13.0. The molecule has 144 valence electrons. The molecule has 2 amide bonds. The van der Waals surface area contributed by atoms with Gasteiger partial charge in [0.2, 0.25) is 11.8 Å². The number of carbonyl (C=O) groups is 2. The Hall–Kier alpha value is -2.61. The Morgan fingerprint density at radius 3 is 2.15 bits per heavy atom. The smallest absolute Gasteiger partial charge is 0.234 e. The second-order valence-electron chi connectivity index (χ2n) is 5.55. The van der Waals surface area contributed by atoms with Crippen LogP contribution in [-0.2, 0) is 9.59 Å². The van der Waals surface area contributed by atoms with Crippen molar-refractivity contribution >= 4 is 29.3 Å². The molecule has 2 rings (SSSR count). The molecule has 2 N–H and O–H groups in total. The van der Waals surface area contributed by atoms with Crippen molar-refractivity contribution in [2.75, 3.05) is 30.0 Å². The molecule has 0 spiro atoms. The summed E-state index contributed by atoms with van der Waals surface area (Å²) in [5.74, 6) is -0.261. The number of hydrogen-bond acceptors (Lipinski definition) is 4. The number of thioether (sulfide) groups is 1. The molecule has 0 unspecified atom stereocenters. The highest BCUT2D eigenvalue weighted by molar-refractivity contribution is 8.00. The lowest BCUT2D eigenvalue weighted by atomic mass is 10.3. The Morgan fingerprint density at radius 1 is 0.889 bits per heavy atom. The summed E-state index contributed by atoms with van der Waals surface area (Å²) in [5.41, 5.74) is 0.507. The first-order valence-electron chi connectivity index (χ1n) is 8.31. The van der Waals surface area contributed by atoms with E-state index >= 15 is 0 Å². The first-order valence-corrected chi connectivity index (χ1v) is 9.46. The van der Waals surface area contributed by atoms with Gasteiger partial charge in [-0.25, -0.2) is 8.78 Å². The maximum Gasteiger partial charge on any atom is 0.234 e. The highest BCUT2D eigenvalue weighted by atomic mass is 32.2. The average molecular weight is 394 g/mol. The second-order valence-corrected chi connectivity index (χ2v) is 6.54. The van der Waals surface area contributed by atoms with E-state index in [1.54, 1.807) is 12.1 Å². The maximum atomic E-state index is 12.8. The van der Waals surface area contributed by atoms with E-state index in [0.717, 1.165) is 0 Å². The fraction of sp³-hybridized carbons (Fsp3) is 0.263. The van der Waals surface area contributed by atoms with Crippen LogP contribution in [0.25, 0.3) is 0 Å². The fourth-order valence-electron chi connectivity index (χ4n) is 2.04. The number of carbonyl (C=O) groups excluding carboxylic acids is 2. The number of ether oxygens (including phenoxy) is 1. The van der Waals surface area contributed by atoms with Crippen LogP contribution in [0.2, 0.25) is 0 Å². The number of hydrogen-bond donors (Lipinski definition) is 2. The van der Waals surface area contributed by atoms with E-state index < -0.39 is 0 Å². The molecule has 27 heavy (non-hydrogen) atoms. The SMILES string of the molecule is O=C(CSCC(=O)Nc1ccc(F)cc1)NCCCOc1ccc(F)cc1. The zero-order valence-electron chi connectivity index (χ0n) is 14.5. The van der Waals surface area contributed by atoms with E-state index in [1.165, 1.54) is 48.2 Å². The quantitative estimate of drug-likeness (QED) is 0.607. The molecule has 0 saturated carbocycles. The molecule has 8 heteroatoms. The molecule has 0 bridgehead atoms. The Balaban J connectivity index is 1.51. The minimum atomic E-state index is -0.373. The highest BCUT2D eigenvalue weighted by Crippen LogP contribution is 2.11. The average Bonchev–Trinajstić information content (AvgIpc) is 2.65. The minimum absolute atomic E-state index is 0.123. The third kappa shape index (κ3) is 8.54. The van der Waals surface area contributed by atoms with Crippen LogP contribution in [0, 0.1) is 11.6 Å². The van der Waals surface area contributed by atoms with Crippen molar-refractivity contribution in [1.82, 2.24) is 5.32 Å². The number of nitrogens with one attached hydrogen (secondary N) is 2. The van der Waals surface area contributed by atoms with Crippen molar-refractivity contribution < 1.29 is 23.1 Å². The second kappa shape index (κ2) is 11.2. The lowest BCUT2D eigenvalue weighted by molar-refractivity contribution is -0.118. The minimum Gasteiger partial charge on any atom is -0.494 e. The Labute approximate surface area is 160 Å². The normalized spacial score (nSPS) is 10.3. The van der Waals surface area contributed by atoms with Gasteiger partial charge in [-0.15, -0.1) is 11.8 Å². The molecule has 0 aliphatic heterocycles. The summed E-state index contributed by atoms with van der Waals surface area (Å²) in [6.45, 7) is 0.849. The molecule has 0 heterocycles. The van der Waals surface area contributed by atoms with Crippen LogP contribution in [0.3, 0.4) is 0 Å². The van der Waals surface area contributed by atoms with Gasteiger partial charge < -0.3 is 15.4 Å². The van der Waals surface area contributed by atoms with Crippen LogP contribution in [0.15, 0.2) is 48.5 Å². The van der Waals surface area contributed by atoms with Gasteiger partial charge in [0, 0.05) is 12.2 Å². The highest BCUT2D eigenvalue weighted by Gasteiger charge is 2.06. The van der Waals surface area contributed by atoms with Crippen molar-refractivity contribution in [3.8, 4) is 5.75 Å². The first kappa shape index (κ1) is 20.7. The van der Waals surface area contributed by atoms with Crippen LogP contribution in [0.1, 0.15) is 6.42 Å². The number of halogens is 2. The van der Waals surface area contributed by atoms with Crippen LogP contribution in [0.5, 0.6) is 5.75 Å². The third-order valence-corrected chi connectivity index (χ3v) is 4.25. The molecule has 0 aliphatic rings. The van der Waals surface area contributed by atoms with Gasteiger partial charge in [0.1, 0.15) is 17.4 Å². The molecule has 0 fully saturated rings. The van der Waals surface area contributed by atoms with Crippen LogP contribution in [0.4, 0.5) is 14.5 Å². The Bertz CT molecular complexity index is 740. The largest absolute Gasteiger partial charge is 0.494 e. The van der Waals surface area contributed by atoms with Crippen molar-refractivity contribution in [3.63, 3.8) is 0 Å². The number of rotatable bonds is 10. The van der Waals surface area contributed by atoms with E-state index in [9.17, 15) is 18.4 Å². The van der Waals surface area contributed by atoms with Gasteiger partial charge in [-0.2, -0.15) is 0 Å². The van der Waals surface area contributed by atoms with Crippen LogP contribution >= 0.6 is 11.8 Å². The summed E-state index contributed by atoms with van der Waals surface area (Å²) in [4.78, 5) is 23.4. The van der Waals surface area contributed by atoms with Crippen molar-refractivity contribution in [2.24, 2.45) is 0 Å². The van der Waals surface area contributed by atoms with E-state index in [0.29, 0.717) is 31.0 Å². The van der Waals surface area contributed by atoms with Gasteiger partial charge in [-0.3, -0.25) is 9.59 Å². The molecule has 0 aromatic heterocycles. The van der Waals surface area contributed by atoms with Crippen LogP contribution in [-0.4, -0.2) is 36.5 Å². The number of anilines is 1. The number of amides is 2. The monoisotopic (exact) mass is 394 g/mol. The maximum absolute atomic E-state index is 12.8. The van der Waals surface area contributed by atoms with Crippen molar-refractivity contribution in [2.45, 2.75) is 6.42 Å². The summed E-state index contributed by atoms with van der Waals surface area (Å²) in [6.07, 6.45) is 0.610. The standard InChI is InChI=1S/C19H20F2N2O3S/c20-14-2-6-16(7-3-14)23-19(25)13-27-12-18(24)22-10-1-11-26-17-8-4-15(21)5-9-17/h2-9H,1,10-13H2,(H,22,24)(H,23,25). The molecule has 0 atom stereocenters. The topological polar surface area (TPSA) is 67.4 Å². The Kier molecular flexibility index (Phi) is 8.57. The predicted molar refractivity (Wildman–Crippen MR) is 102 cm³/mol. The summed E-state index contributed by atoms with van der Waals surface area (Å²) >= 11 is 1.19. The molecule has 5 nitrogen and oxygen atoms in total. The summed E-state index contributed by atoms with van der Waals surface area (Å²) in [5, 5.41) is 5.36. The fourth-order valence-corrected chi connectivity index (χ4v) is 2.69. The molecule has 0 aliphatic carbocycles. The lowest BCUT2D eigenvalue weighted by Gasteiger charge is -2.08. The molecule has 2 aromatic rings. The molecule has 0 radical (unpaired) electrons. The van der Waals surface area contributed by atoms with Crippen molar-refractivity contribution in [1.29, 1.82) is 0 Å².